The van der Waals surface area contributed by atoms with Crippen LogP contribution >= 0.6 is 55.0 Å². The predicted molar refractivity (Wildman–Crippen MR) is 169 cm³/mol. The number of hydrogen-bond donors (Lipinski definition) is 1. The van der Waals surface area contributed by atoms with Crippen LogP contribution < -0.4 is 5.32 Å². The van der Waals surface area contributed by atoms with Gasteiger partial charge in [0.25, 0.3) is 0 Å². The van der Waals surface area contributed by atoms with Crippen LogP contribution in [0.15, 0.2) is 62.6 Å². The maximum atomic E-state index is 13.0. The van der Waals surface area contributed by atoms with Gasteiger partial charge < -0.3 is 5.32 Å². The zero-order valence-corrected chi connectivity index (χ0v) is 27.1. The fourth-order valence-electron chi connectivity index (χ4n) is 4.81. The van der Waals surface area contributed by atoms with Gasteiger partial charge in [0, 0.05) is 24.9 Å². The Morgan fingerprint density at radius 1 is 1.05 bits per heavy atom. The normalized spacial score (nSPS) is 14.8. The number of thiophene rings is 1. The van der Waals surface area contributed by atoms with E-state index in [0.717, 1.165) is 44.9 Å². The van der Waals surface area contributed by atoms with Crippen molar-refractivity contribution >= 4 is 65.9 Å². The van der Waals surface area contributed by atoms with Crippen LogP contribution in [0.3, 0.4) is 0 Å². The van der Waals surface area contributed by atoms with E-state index in [2.05, 4.69) is 74.2 Å². The van der Waals surface area contributed by atoms with E-state index in [4.69, 9.17) is 4.98 Å². The number of carbonyl (C=O) groups is 1. The van der Waals surface area contributed by atoms with Crippen molar-refractivity contribution in [1.82, 2.24) is 15.2 Å². The Balaban J connectivity index is 1.34. The van der Waals surface area contributed by atoms with Gasteiger partial charge in [-0.1, -0.05) is 88.7 Å². The molecule has 5 rings (SSSR count). The monoisotopic (exact) mass is 695 g/mol. The third-order valence-corrected chi connectivity index (χ3v) is 10.2. The Morgan fingerprint density at radius 2 is 1.68 bits per heavy atom. The Hall–Kier alpha value is -2.58. The number of benzene rings is 2. The van der Waals surface area contributed by atoms with Gasteiger partial charge in [0.2, 0.25) is 11.1 Å². The van der Waals surface area contributed by atoms with Crippen molar-refractivity contribution in [3.63, 3.8) is 0 Å². The first-order valence-corrected chi connectivity index (χ1v) is 16.2. The molecule has 1 aliphatic rings. The molecule has 40 heavy (non-hydrogen) atoms. The first kappa shape index (κ1) is 28.9. The first-order valence-electron chi connectivity index (χ1n) is 12.9. The van der Waals surface area contributed by atoms with Crippen LogP contribution in [-0.4, -0.2) is 26.8 Å². The van der Waals surface area contributed by atoms with E-state index in [9.17, 15) is 10.1 Å². The first-order chi connectivity index (χ1) is 19.1. The highest BCUT2D eigenvalue weighted by atomic mass is 79.9. The van der Waals surface area contributed by atoms with Crippen molar-refractivity contribution in [2.75, 3.05) is 11.1 Å². The number of carbonyl (C=O) groups excluding carboxylic acids is 1. The molecule has 204 valence electrons. The summed E-state index contributed by atoms with van der Waals surface area (Å²) >= 11 is 9.74. The number of amides is 1. The van der Waals surface area contributed by atoms with Gasteiger partial charge in [-0.2, -0.15) is 5.26 Å². The van der Waals surface area contributed by atoms with E-state index >= 15 is 0 Å². The number of fused-ring (bicyclic) bond motifs is 1. The molecule has 2 aromatic heterocycles. The Kier molecular flexibility index (Phi) is 8.76. The lowest BCUT2D eigenvalue weighted by Gasteiger charge is -2.33. The summed E-state index contributed by atoms with van der Waals surface area (Å²) in [6.07, 6.45) is 2.89. The number of rotatable bonds is 6. The highest BCUT2D eigenvalue weighted by Crippen LogP contribution is 2.44. The molecule has 4 aromatic rings. The summed E-state index contributed by atoms with van der Waals surface area (Å²) in [5, 5.41) is 22.7. The predicted octanol–water partition coefficient (Wildman–Crippen LogP) is 8.55. The van der Waals surface area contributed by atoms with Crippen molar-refractivity contribution in [3.05, 3.63) is 73.5 Å². The third-order valence-electron chi connectivity index (χ3n) is 7.09. The largest absolute Gasteiger partial charge is 0.316 e. The maximum absolute atomic E-state index is 13.0. The molecule has 0 bridgehead atoms. The second kappa shape index (κ2) is 12.1. The highest BCUT2D eigenvalue weighted by molar-refractivity contribution is 9.10. The van der Waals surface area contributed by atoms with Gasteiger partial charge in [0.1, 0.15) is 22.5 Å². The molecule has 1 amide bonds. The number of hydrogen-bond acceptors (Lipinski definition) is 7. The highest BCUT2D eigenvalue weighted by Gasteiger charge is 2.32. The van der Waals surface area contributed by atoms with Gasteiger partial charge in [-0.25, -0.2) is 4.98 Å². The molecule has 1 N–H and O–H groups in total. The molecule has 0 fully saturated rings. The summed E-state index contributed by atoms with van der Waals surface area (Å²) in [5.74, 6) is 0.476. The second-order valence-electron chi connectivity index (χ2n) is 10.8. The van der Waals surface area contributed by atoms with Gasteiger partial charge in [-0.05, 0) is 60.4 Å². The van der Waals surface area contributed by atoms with Crippen LogP contribution in [0.1, 0.15) is 43.2 Å². The zero-order chi connectivity index (χ0) is 28.4. The minimum atomic E-state index is -0.196. The Labute approximate surface area is 259 Å². The molecular formula is C30H27Br2N5OS2. The molecule has 0 saturated carbocycles. The average Bonchev–Trinajstić information content (AvgIpc) is 3.28. The molecule has 6 nitrogen and oxygen atoms in total. The van der Waals surface area contributed by atoms with E-state index < -0.39 is 0 Å². The smallest absolute Gasteiger partial charge is 0.235 e. The van der Waals surface area contributed by atoms with Gasteiger partial charge >= 0.3 is 0 Å². The lowest BCUT2D eigenvalue weighted by molar-refractivity contribution is -0.113. The van der Waals surface area contributed by atoms with Gasteiger partial charge in [-0.3, -0.25) is 4.79 Å². The number of aromatic nitrogens is 3. The molecule has 0 aliphatic heterocycles. The molecule has 10 heteroatoms. The third kappa shape index (κ3) is 6.49. The van der Waals surface area contributed by atoms with Crippen molar-refractivity contribution in [2.24, 2.45) is 11.3 Å². The summed E-state index contributed by atoms with van der Waals surface area (Å²) in [7, 11) is 0. The number of nitrogens with zero attached hydrogens (tertiary/aromatic N) is 4. The lowest BCUT2D eigenvalue weighted by atomic mass is 9.72. The molecule has 1 atom stereocenters. The van der Waals surface area contributed by atoms with E-state index in [1.165, 1.54) is 16.6 Å². The quantitative estimate of drug-likeness (QED) is 0.203. The van der Waals surface area contributed by atoms with E-state index in [0.29, 0.717) is 33.0 Å². The van der Waals surface area contributed by atoms with Crippen LogP contribution in [0.5, 0.6) is 0 Å². The van der Waals surface area contributed by atoms with Crippen LogP contribution in [0.4, 0.5) is 5.00 Å². The molecular weight excluding hydrogens is 670 g/mol. The summed E-state index contributed by atoms with van der Waals surface area (Å²) in [6.45, 7) is 6.81. The molecule has 1 aliphatic carbocycles. The minimum absolute atomic E-state index is 0.108. The second-order valence-corrected chi connectivity index (χ2v) is 14.6. The zero-order valence-electron chi connectivity index (χ0n) is 22.3. The van der Waals surface area contributed by atoms with Crippen molar-refractivity contribution in [3.8, 4) is 28.6 Å². The standard InChI is InChI=1S/C30H27Br2N5OS2/c1-30(2,3)19-8-13-22-23(15-33)28(40-24(22)14-19)34-25(38)16-39-29-35-26(17-4-9-20(31)10-5-17)27(36-37-29)18-6-11-21(32)12-7-18/h4-7,9-12,19H,8,13-14,16H2,1-3H3,(H,34,38)/t19-/m0/s1. The topological polar surface area (TPSA) is 91.6 Å². The van der Waals surface area contributed by atoms with Crippen LogP contribution in [0.25, 0.3) is 22.5 Å². The van der Waals surface area contributed by atoms with Crippen molar-refractivity contribution in [2.45, 2.75) is 45.2 Å². The maximum Gasteiger partial charge on any atom is 0.235 e. The fourth-order valence-corrected chi connectivity index (χ4v) is 7.22. The summed E-state index contributed by atoms with van der Waals surface area (Å²) < 4.78 is 1.94. The lowest BCUT2D eigenvalue weighted by Crippen LogP contribution is -2.26. The van der Waals surface area contributed by atoms with Gasteiger partial charge in [0.15, 0.2) is 0 Å². The molecule has 0 unspecified atom stereocenters. The van der Waals surface area contributed by atoms with Gasteiger partial charge in [0.05, 0.1) is 11.3 Å². The van der Waals surface area contributed by atoms with Crippen molar-refractivity contribution < 1.29 is 4.79 Å². The Bertz CT molecular complexity index is 1590. The number of thioether (sulfide) groups is 1. The van der Waals surface area contributed by atoms with Crippen molar-refractivity contribution in [1.29, 1.82) is 5.26 Å². The van der Waals surface area contributed by atoms with E-state index in [1.807, 2.05) is 48.5 Å². The number of nitrogens with one attached hydrogen (secondary N) is 1. The molecule has 0 radical (unpaired) electrons. The summed E-state index contributed by atoms with van der Waals surface area (Å²) in [5.41, 5.74) is 5.09. The molecule has 2 aromatic carbocycles. The van der Waals surface area contributed by atoms with Gasteiger partial charge in [-0.15, -0.1) is 21.5 Å². The number of halogens is 2. The van der Waals surface area contributed by atoms with Crippen LogP contribution in [0, 0.1) is 22.7 Å². The minimum Gasteiger partial charge on any atom is -0.316 e. The Morgan fingerprint density at radius 3 is 2.27 bits per heavy atom. The van der Waals surface area contributed by atoms with Crippen LogP contribution in [0.2, 0.25) is 0 Å². The summed E-state index contributed by atoms with van der Waals surface area (Å²) in [4.78, 5) is 19.0. The van der Waals surface area contributed by atoms with E-state index in [1.54, 1.807) is 11.3 Å². The molecule has 2 heterocycles. The average molecular weight is 698 g/mol. The number of anilines is 1. The van der Waals surface area contributed by atoms with E-state index in [-0.39, 0.29) is 17.1 Å². The molecule has 0 spiro atoms. The number of nitriles is 1. The molecule has 0 saturated heterocycles. The van der Waals surface area contributed by atoms with Crippen LogP contribution in [-0.2, 0) is 17.6 Å². The SMILES string of the molecule is CC(C)(C)[C@H]1CCc2c(sc(NC(=O)CSc3nnc(-c4ccc(Br)cc4)c(-c4ccc(Br)cc4)n3)c2C#N)C1. The summed E-state index contributed by atoms with van der Waals surface area (Å²) in [6, 6.07) is 18.1. The fraction of sp³-hybridized carbons (Fsp3) is 0.300.